The minimum atomic E-state index is 0.487. The molecule has 0 bridgehead atoms. The molecule has 1 saturated heterocycles. The normalized spacial score (nSPS) is 17.7. The van der Waals surface area contributed by atoms with E-state index in [1.807, 2.05) is 12.1 Å². The molecule has 0 aromatic heterocycles. The van der Waals surface area contributed by atoms with E-state index in [4.69, 9.17) is 23.2 Å². The smallest absolute Gasteiger partial charge is 0.0652 e. The largest absolute Gasteiger partial charge is 0.381 e. The Morgan fingerprint density at radius 3 is 2.60 bits per heavy atom. The molecule has 1 aromatic carbocycles. The van der Waals surface area contributed by atoms with Crippen molar-refractivity contribution in [3.63, 3.8) is 0 Å². The molecule has 0 unspecified atom stereocenters. The first-order valence-electron chi connectivity index (χ1n) is 5.10. The second-order valence-electron chi connectivity index (χ2n) is 3.71. The Labute approximate surface area is 100.0 Å². The van der Waals surface area contributed by atoms with Crippen molar-refractivity contribution in [3.05, 3.63) is 28.2 Å². The number of piperidine rings is 1. The number of benzene rings is 1. The zero-order valence-electron chi connectivity index (χ0n) is 8.34. The highest BCUT2D eigenvalue weighted by molar-refractivity contribution is 6.36. The number of nitrogens with one attached hydrogen (secondary N) is 1. The second kappa shape index (κ2) is 5.06. The van der Waals surface area contributed by atoms with Crippen LogP contribution >= 0.6 is 23.2 Å². The molecule has 0 aliphatic carbocycles. The summed E-state index contributed by atoms with van der Waals surface area (Å²) in [5.74, 6) is 0. The maximum absolute atomic E-state index is 6.08. The van der Waals surface area contributed by atoms with Crippen molar-refractivity contribution in [3.8, 4) is 0 Å². The fourth-order valence-electron chi connectivity index (χ4n) is 1.72. The number of hydrogen-bond donors (Lipinski definition) is 1. The molecule has 15 heavy (non-hydrogen) atoms. The van der Waals surface area contributed by atoms with Crippen molar-refractivity contribution in [1.82, 2.24) is 5.32 Å². The van der Waals surface area contributed by atoms with Gasteiger partial charge in [-0.25, -0.2) is 5.32 Å². The van der Waals surface area contributed by atoms with E-state index in [0.717, 1.165) is 31.6 Å². The first kappa shape index (κ1) is 11.1. The molecule has 1 heterocycles. The van der Waals surface area contributed by atoms with E-state index in [1.165, 1.54) is 0 Å². The summed E-state index contributed by atoms with van der Waals surface area (Å²) in [5, 5.41) is 9.09. The van der Waals surface area contributed by atoms with Crippen LogP contribution in [0.2, 0.25) is 10.0 Å². The highest BCUT2D eigenvalue weighted by Crippen LogP contribution is 2.26. The molecule has 1 aromatic rings. The molecule has 1 aliphatic rings. The minimum absolute atomic E-state index is 0.487. The highest BCUT2D eigenvalue weighted by atomic mass is 35.5. The Bertz CT molecular complexity index is 335. The maximum atomic E-state index is 6.08. The standard InChI is InChI=1S/C11H13Cl2N2/c12-8-1-2-11(10(13)7-8)15-9-3-5-14-6-4-9/h1-2,7,9,15H,3-6H2. The minimum Gasteiger partial charge on any atom is -0.381 e. The lowest BCUT2D eigenvalue weighted by atomic mass is 10.1. The van der Waals surface area contributed by atoms with Gasteiger partial charge < -0.3 is 5.32 Å². The van der Waals surface area contributed by atoms with Crippen LogP contribution in [0.15, 0.2) is 18.2 Å². The molecule has 0 saturated carbocycles. The third-order valence-electron chi connectivity index (χ3n) is 2.56. The van der Waals surface area contributed by atoms with Gasteiger partial charge in [0.05, 0.1) is 10.7 Å². The quantitative estimate of drug-likeness (QED) is 0.849. The summed E-state index contributed by atoms with van der Waals surface area (Å²) in [6.45, 7) is 1.89. The van der Waals surface area contributed by atoms with Gasteiger partial charge in [0, 0.05) is 24.2 Å². The van der Waals surface area contributed by atoms with Crippen LogP contribution in [0.3, 0.4) is 0 Å². The van der Waals surface area contributed by atoms with Crippen LogP contribution in [0.4, 0.5) is 5.69 Å². The first-order chi connectivity index (χ1) is 7.25. The van der Waals surface area contributed by atoms with Gasteiger partial charge in [-0.05, 0) is 31.0 Å². The molecule has 81 valence electrons. The molecule has 2 nitrogen and oxygen atoms in total. The summed E-state index contributed by atoms with van der Waals surface area (Å²) in [4.78, 5) is 0. The van der Waals surface area contributed by atoms with Crippen LogP contribution in [0.5, 0.6) is 0 Å². The third-order valence-corrected chi connectivity index (χ3v) is 3.11. The average Bonchev–Trinajstić information content (AvgIpc) is 2.24. The Kier molecular flexibility index (Phi) is 3.73. The van der Waals surface area contributed by atoms with Gasteiger partial charge in [-0.15, -0.1) is 0 Å². The monoisotopic (exact) mass is 243 g/mol. The number of anilines is 1. The third kappa shape index (κ3) is 3.00. The van der Waals surface area contributed by atoms with Gasteiger partial charge in [0.25, 0.3) is 0 Å². The lowest BCUT2D eigenvalue weighted by Gasteiger charge is -2.24. The fourth-order valence-corrected chi connectivity index (χ4v) is 2.18. The zero-order chi connectivity index (χ0) is 10.7. The molecule has 1 aliphatic heterocycles. The fraction of sp³-hybridized carbons (Fsp3) is 0.455. The number of rotatable bonds is 2. The molecule has 1 fully saturated rings. The Balaban J connectivity index is 2.03. The summed E-state index contributed by atoms with van der Waals surface area (Å²) < 4.78 is 0. The maximum Gasteiger partial charge on any atom is 0.0652 e. The molecule has 0 atom stereocenters. The van der Waals surface area contributed by atoms with Crippen LogP contribution in [0.25, 0.3) is 0 Å². The van der Waals surface area contributed by atoms with Gasteiger partial charge in [-0.2, -0.15) is 0 Å². The number of halogens is 2. The molecule has 0 spiro atoms. The molecular formula is C11H13Cl2N2. The summed E-state index contributed by atoms with van der Waals surface area (Å²) in [6, 6.07) is 6.03. The van der Waals surface area contributed by atoms with Crippen molar-refractivity contribution in [2.24, 2.45) is 0 Å². The van der Waals surface area contributed by atoms with Gasteiger partial charge in [0.1, 0.15) is 0 Å². The van der Waals surface area contributed by atoms with Crippen LogP contribution in [-0.2, 0) is 0 Å². The predicted molar refractivity (Wildman–Crippen MR) is 65.0 cm³/mol. The van der Waals surface area contributed by atoms with Crippen molar-refractivity contribution in [2.75, 3.05) is 18.4 Å². The summed E-state index contributed by atoms with van der Waals surface area (Å²) in [6.07, 6.45) is 2.16. The second-order valence-corrected chi connectivity index (χ2v) is 4.56. The van der Waals surface area contributed by atoms with Crippen molar-refractivity contribution in [2.45, 2.75) is 18.9 Å². The topological polar surface area (TPSA) is 26.1 Å². The summed E-state index contributed by atoms with van der Waals surface area (Å²) in [5.41, 5.74) is 0.966. The van der Waals surface area contributed by atoms with E-state index >= 15 is 0 Å². The van der Waals surface area contributed by atoms with Crippen molar-refractivity contribution in [1.29, 1.82) is 0 Å². The zero-order valence-corrected chi connectivity index (χ0v) is 9.85. The number of hydrogen-bond acceptors (Lipinski definition) is 1. The van der Waals surface area contributed by atoms with Crippen LogP contribution in [0, 0.1) is 0 Å². The van der Waals surface area contributed by atoms with E-state index in [1.54, 1.807) is 6.07 Å². The lowest BCUT2D eigenvalue weighted by Crippen LogP contribution is -2.31. The Morgan fingerprint density at radius 1 is 1.20 bits per heavy atom. The van der Waals surface area contributed by atoms with Gasteiger partial charge in [0.15, 0.2) is 0 Å². The summed E-state index contributed by atoms with van der Waals surface area (Å²) in [7, 11) is 0. The van der Waals surface area contributed by atoms with Gasteiger partial charge in [-0.3, -0.25) is 0 Å². The molecule has 4 heteroatoms. The summed E-state index contributed by atoms with van der Waals surface area (Å²) >= 11 is 11.9. The Morgan fingerprint density at radius 2 is 1.93 bits per heavy atom. The van der Waals surface area contributed by atoms with E-state index in [-0.39, 0.29) is 0 Å². The highest BCUT2D eigenvalue weighted by Gasteiger charge is 2.14. The molecular weight excluding hydrogens is 231 g/mol. The van der Waals surface area contributed by atoms with Crippen LogP contribution in [0.1, 0.15) is 12.8 Å². The van der Waals surface area contributed by atoms with E-state index in [0.29, 0.717) is 16.1 Å². The van der Waals surface area contributed by atoms with Crippen molar-refractivity contribution >= 4 is 28.9 Å². The lowest BCUT2D eigenvalue weighted by molar-refractivity contribution is 0.472. The first-order valence-corrected chi connectivity index (χ1v) is 5.86. The Hall–Kier alpha value is -0.440. The predicted octanol–water partition coefficient (Wildman–Crippen LogP) is 3.17. The van der Waals surface area contributed by atoms with Gasteiger partial charge in [0.2, 0.25) is 0 Å². The van der Waals surface area contributed by atoms with Gasteiger partial charge in [-0.1, -0.05) is 23.2 Å². The average molecular weight is 244 g/mol. The van der Waals surface area contributed by atoms with E-state index in [9.17, 15) is 0 Å². The van der Waals surface area contributed by atoms with Crippen molar-refractivity contribution < 1.29 is 0 Å². The van der Waals surface area contributed by atoms with Crippen LogP contribution < -0.4 is 10.6 Å². The van der Waals surface area contributed by atoms with Gasteiger partial charge >= 0.3 is 0 Å². The molecule has 1 N–H and O–H groups in total. The SMILES string of the molecule is Clc1ccc(NC2CC[N]CC2)c(Cl)c1. The molecule has 2 rings (SSSR count). The van der Waals surface area contributed by atoms with E-state index < -0.39 is 0 Å². The van der Waals surface area contributed by atoms with Crippen LogP contribution in [-0.4, -0.2) is 19.1 Å². The number of nitrogens with zero attached hydrogens (tertiary/aromatic N) is 1. The van der Waals surface area contributed by atoms with E-state index in [2.05, 4.69) is 10.6 Å². The molecule has 1 radical (unpaired) electrons. The molecule has 0 amide bonds.